The molecule has 0 heterocycles. The van der Waals surface area contributed by atoms with Crippen molar-refractivity contribution in [3.8, 4) is 0 Å². The summed E-state index contributed by atoms with van der Waals surface area (Å²) in [6.45, 7) is 4.47. The van der Waals surface area contributed by atoms with Crippen LogP contribution in [0.1, 0.15) is 31.1 Å². The molecule has 0 bridgehead atoms. The Morgan fingerprint density at radius 1 is 1.17 bits per heavy atom. The van der Waals surface area contributed by atoms with Gasteiger partial charge in [0.1, 0.15) is 5.82 Å². The Hall–Kier alpha value is -1.86. The molecule has 0 spiro atoms. The summed E-state index contributed by atoms with van der Waals surface area (Å²) in [5.41, 5.74) is -0.810. The standard InChI is InChI=1S/C14H15Cl2FN2O4/c1-14(2,3)19-13(22)18-11(20)6-23-12(21)7-4-10(17)9(16)5-8(7)15/h4-5H,6H2,1-3H3,(H2,18,19,20,22). The van der Waals surface area contributed by atoms with Crippen LogP contribution in [0.2, 0.25) is 10.0 Å². The highest BCUT2D eigenvalue weighted by Crippen LogP contribution is 2.24. The summed E-state index contributed by atoms with van der Waals surface area (Å²) in [5, 5.41) is 4.11. The van der Waals surface area contributed by atoms with Gasteiger partial charge >= 0.3 is 12.0 Å². The van der Waals surface area contributed by atoms with Crippen LogP contribution in [-0.4, -0.2) is 30.1 Å². The Labute approximate surface area is 142 Å². The first kappa shape index (κ1) is 19.2. The first-order valence-electron chi connectivity index (χ1n) is 6.43. The molecular formula is C14H15Cl2FN2O4. The Balaban J connectivity index is 2.58. The molecule has 126 valence electrons. The van der Waals surface area contributed by atoms with E-state index in [1.54, 1.807) is 20.8 Å². The van der Waals surface area contributed by atoms with Crippen molar-refractivity contribution in [1.82, 2.24) is 10.6 Å². The van der Waals surface area contributed by atoms with E-state index in [9.17, 15) is 18.8 Å². The third-order valence-corrected chi connectivity index (χ3v) is 2.91. The van der Waals surface area contributed by atoms with Gasteiger partial charge in [-0.1, -0.05) is 23.2 Å². The van der Waals surface area contributed by atoms with Gasteiger partial charge in [-0.15, -0.1) is 0 Å². The van der Waals surface area contributed by atoms with E-state index >= 15 is 0 Å². The topological polar surface area (TPSA) is 84.5 Å². The number of halogens is 3. The highest BCUT2D eigenvalue weighted by Gasteiger charge is 2.19. The van der Waals surface area contributed by atoms with Gasteiger partial charge in [0.2, 0.25) is 0 Å². The third kappa shape index (κ3) is 6.42. The van der Waals surface area contributed by atoms with Crippen molar-refractivity contribution in [2.24, 2.45) is 0 Å². The normalized spacial score (nSPS) is 10.9. The molecule has 0 saturated heterocycles. The molecule has 0 saturated carbocycles. The maximum Gasteiger partial charge on any atom is 0.340 e. The van der Waals surface area contributed by atoms with Crippen molar-refractivity contribution in [1.29, 1.82) is 0 Å². The monoisotopic (exact) mass is 364 g/mol. The molecule has 0 fully saturated rings. The lowest BCUT2D eigenvalue weighted by Crippen LogP contribution is -2.49. The van der Waals surface area contributed by atoms with Gasteiger partial charge in [0.05, 0.1) is 15.6 Å². The van der Waals surface area contributed by atoms with Crippen LogP contribution >= 0.6 is 23.2 Å². The molecule has 0 aliphatic heterocycles. The molecule has 0 unspecified atom stereocenters. The number of imide groups is 1. The highest BCUT2D eigenvalue weighted by molar-refractivity contribution is 6.36. The van der Waals surface area contributed by atoms with Crippen LogP contribution in [-0.2, 0) is 9.53 Å². The van der Waals surface area contributed by atoms with Gasteiger partial charge < -0.3 is 10.1 Å². The van der Waals surface area contributed by atoms with E-state index in [4.69, 9.17) is 23.2 Å². The van der Waals surface area contributed by atoms with Crippen molar-refractivity contribution < 1.29 is 23.5 Å². The number of hydrogen-bond acceptors (Lipinski definition) is 4. The molecule has 9 heteroatoms. The fourth-order valence-electron chi connectivity index (χ4n) is 1.42. The fourth-order valence-corrected chi connectivity index (χ4v) is 1.88. The van der Waals surface area contributed by atoms with Gasteiger partial charge in [-0.2, -0.15) is 0 Å². The van der Waals surface area contributed by atoms with E-state index in [2.05, 4.69) is 10.1 Å². The number of ether oxygens (including phenoxy) is 1. The number of benzene rings is 1. The molecule has 6 nitrogen and oxygen atoms in total. The Morgan fingerprint density at radius 3 is 2.35 bits per heavy atom. The van der Waals surface area contributed by atoms with Crippen molar-refractivity contribution in [2.45, 2.75) is 26.3 Å². The van der Waals surface area contributed by atoms with Crippen molar-refractivity contribution in [3.05, 3.63) is 33.6 Å². The Bertz CT molecular complexity index is 644. The molecule has 0 radical (unpaired) electrons. The lowest BCUT2D eigenvalue weighted by Gasteiger charge is -2.20. The maximum absolute atomic E-state index is 13.3. The smallest absolute Gasteiger partial charge is 0.340 e. The molecule has 0 aliphatic rings. The largest absolute Gasteiger partial charge is 0.452 e. The van der Waals surface area contributed by atoms with E-state index in [0.717, 1.165) is 12.1 Å². The quantitative estimate of drug-likeness (QED) is 0.637. The van der Waals surface area contributed by atoms with Gasteiger partial charge in [-0.05, 0) is 32.9 Å². The van der Waals surface area contributed by atoms with Gasteiger partial charge in [0.25, 0.3) is 5.91 Å². The summed E-state index contributed by atoms with van der Waals surface area (Å²) in [7, 11) is 0. The molecule has 1 rings (SSSR count). The van der Waals surface area contributed by atoms with E-state index in [0.29, 0.717) is 0 Å². The first-order valence-corrected chi connectivity index (χ1v) is 7.19. The molecule has 0 aromatic heterocycles. The van der Waals surface area contributed by atoms with Crippen LogP contribution in [0.15, 0.2) is 12.1 Å². The minimum Gasteiger partial charge on any atom is -0.452 e. The van der Waals surface area contributed by atoms with Gasteiger partial charge in [-0.3, -0.25) is 10.1 Å². The number of nitrogens with one attached hydrogen (secondary N) is 2. The van der Waals surface area contributed by atoms with Crippen LogP contribution in [0.5, 0.6) is 0 Å². The zero-order valence-electron chi connectivity index (χ0n) is 12.6. The minimum atomic E-state index is -1.02. The van der Waals surface area contributed by atoms with Gasteiger partial charge in [-0.25, -0.2) is 14.0 Å². The summed E-state index contributed by atoms with van der Waals surface area (Å²) in [4.78, 5) is 34.7. The lowest BCUT2D eigenvalue weighted by atomic mass is 10.1. The van der Waals surface area contributed by atoms with Crippen LogP contribution < -0.4 is 10.6 Å². The van der Waals surface area contributed by atoms with Crippen molar-refractivity contribution in [3.63, 3.8) is 0 Å². The average Bonchev–Trinajstić information content (AvgIpc) is 2.37. The van der Waals surface area contributed by atoms with Crippen molar-refractivity contribution >= 4 is 41.1 Å². The van der Waals surface area contributed by atoms with Crippen LogP contribution in [0.3, 0.4) is 0 Å². The predicted molar refractivity (Wildman–Crippen MR) is 83.1 cm³/mol. The minimum absolute atomic E-state index is 0.118. The molecule has 0 atom stereocenters. The number of amides is 3. The van der Waals surface area contributed by atoms with Crippen LogP contribution in [0.25, 0.3) is 0 Å². The second-order valence-electron chi connectivity index (χ2n) is 5.57. The molecule has 23 heavy (non-hydrogen) atoms. The summed E-state index contributed by atoms with van der Waals surface area (Å²) < 4.78 is 18.0. The molecule has 0 aliphatic carbocycles. The number of urea groups is 1. The highest BCUT2D eigenvalue weighted by atomic mass is 35.5. The number of esters is 1. The zero-order valence-corrected chi connectivity index (χ0v) is 14.1. The van der Waals surface area contributed by atoms with Crippen molar-refractivity contribution in [2.75, 3.05) is 6.61 Å². The van der Waals surface area contributed by atoms with E-state index in [1.165, 1.54) is 0 Å². The maximum atomic E-state index is 13.3. The van der Waals surface area contributed by atoms with E-state index in [-0.39, 0.29) is 15.6 Å². The van der Waals surface area contributed by atoms with E-state index < -0.39 is 35.9 Å². The predicted octanol–water partition coefficient (Wildman–Crippen LogP) is 2.91. The van der Waals surface area contributed by atoms with Crippen LogP contribution in [0.4, 0.5) is 9.18 Å². The molecule has 1 aromatic rings. The molecule has 1 aromatic carbocycles. The molecular weight excluding hydrogens is 350 g/mol. The van der Waals surface area contributed by atoms with Crippen LogP contribution in [0, 0.1) is 5.82 Å². The zero-order chi connectivity index (χ0) is 17.8. The first-order chi connectivity index (χ1) is 10.5. The average molecular weight is 365 g/mol. The number of carbonyl (C=O) groups is 3. The SMILES string of the molecule is CC(C)(C)NC(=O)NC(=O)COC(=O)c1cc(F)c(Cl)cc1Cl. The molecule has 2 N–H and O–H groups in total. The third-order valence-electron chi connectivity index (χ3n) is 2.31. The summed E-state index contributed by atoms with van der Waals surface area (Å²) in [5.74, 6) is -2.71. The lowest BCUT2D eigenvalue weighted by molar-refractivity contribution is -0.123. The van der Waals surface area contributed by atoms with Gasteiger partial charge in [0, 0.05) is 5.54 Å². The summed E-state index contributed by atoms with van der Waals surface area (Å²) in [6.07, 6.45) is 0. The Morgan fingerprint density at radius 2 is 1.78 bits per heavy atom. The second-order valence-corrected chi connectivity index (χ2v) is 6.39. The second kappa shape index (κ2) is 7.61. The summed E-state index contributed by atoms with van der Waals surface area (Å²) >= 11 is 11.3. The fraction of sp³-hybridized carbons (Fsp3) is 0.357. The van der Waals surface area contributed by atoms with Gasteiger partial charge in [0.15, 0.2) is 6.61 Å². The number of hydrogen-bond donors (Lipinski definition) is 2. The molecule has 3 amide bonds. The summed E-state index contributed by atoms with van der Waals surface area (Å²) in [6, 6.07) is 1.12. The van der Waals surface area contributed by atoms with E-state index in [1.807, 2.05) is 5.32 Å². The number of rotatable bonds is 3. The Kier molecular flexibility index (Phi) is 6.35. The number of carbonyl (C=O) groups excluding carboxylic acids is 3.